The SMILES string of the molecule is CC[C@H](C)[C@@H]1NC(=O)[C@H](CC)N(C)C(=O)C[C@@H](C(=O)N2CCOCC2)N(C)C(=O)[C@H](C2CCCC2)N(C)C(=O)C2(CCCC2)NC(=O)[C@@H]2CCCN2C(=O)[C@H](CCC2CCC(C(F)(F)F)C(Cl)C2)NC(=O)CN(C)C(=O)[C@H](CC2CCC(F)CC2)N2CCCCC[C@@H](C2=O)N(C)C(=O)CN(C)C1=O. The Hall–Kier alpha value is -6.39. The summed E-state index contributed by atoms with van der Waals surface area (Å²) in [6.07, 6.45) is 1.82. The third-order valence-corrected chi connectivity index (χ3v) is 24.6. The van der Waals surface area contributed by atoms with Crippen molar-refractivity contribution in [3.05, 3.63) is 0 Å². The van der Waals surface area contributed by atoms with E-state index in [4.69, 9.17) is 16.3 Å². The van der Waals surface area contributed by atoms with Gasteiger partial charge in [-0.05, 0) is 146 Å². The molecule has 2 bridgehead atoms. The van der Waals surface area contributed by atoms with E-state index >= 15 is 28.8 Å². The van der Waals surface area contributed by atoms with Gasteiger partial charge >= 0.3 is 6.18 Å². The van der Waals surface area contributed by atoms with E-state index in [1.807, 2.05) is 6.92 Å². The number of morpholine rings is 1. The van der Waals surface area contributed by atoms with Crippen molar-refractivity contribution in [1.82, 2.24) is 60.0 Å². The third kappa shape index (κ3) is 20.0. The number of hydrogen-bond acceptors (Lipinski definition) is 13. The largest absolute Gasteiger partial charge is 0.393 e. The molecule has 0 radical (unpaired) electrons. The number of alkyl halides is 5. The molecule has 3 N–H and O–H groups in total. The van der Waals surface area contributed by atoms with Crippen molar-refractivity contribution in [3.63, 3.8) is 0 Å². The van der Waals surface area contributed by atoms with Gasteiger partial charge in [0.15, 0.2) is 0 Å². The van der Waals surface area contributed by atoms with E-state index in [1.54, 1.807) is 13.8 Å². The molecule has 103 heavy (non-hydrogen) atoms. The molecule has 0 aromatic rings. The normalized spacial score (nSPS) is 32.2. The highest BCUT2D eigenvalue weighted by molar-refractivity contribution is 6.21. The summed E-state index contributed by atoms with van der Waals surface area (Å²) < 4.78 is 62.5. The van der Waals surface area contributed by atoms with E-state index in [2.05, 4.69) is 16.0 Å². The van der Waals surface area contributed by atoms with Gasteiger partial charge in [-0.2, -0.15) is 13.2 Å². The number of hydrogen-bond donors (Lipinski definition) is 3. The maximum Gasteiger partial charge on any atom is 0.393 e. The van der Waals surface area contributed by atoms with Crippen molar-refractivity contribution in [1.29, 1.82) is 0 Å². The van der Waals surface area contributed by atoms with Crippen molar-refractivity contribution >= 4 is 82.5 Å². The first-order valence-electron chi connectivity index (χ1n) is 38.1. The fourth-order valence-electron chi connectivity index (χ4n) is 17.4. The topological polar surface area (TPSA) is 279 Å². The number of fused-ring (bicyclic) bond motifs is 3. The molecule has 8 rings (SSSR count). The first-order chi connectivity index (χ1) is 48.8. The Labute approximate surface area is 609 Å². The molecule has 3 unspecified atom stereocenters. The van der Waals surface area contributed by atoms with Gasteiger partial charge in [-0.25, -0.2) is 4.39 Å². The lowest BCUT2D eigenvalue weighted by Crippen LogP contribution is -2.65. The van der Waals surface area contributed by atoms with Crippen LogP contribution in [0.4, 0.5) is 17.6 Å². The molecule has 4 heterocycles. The third-order valence-electron chi connectivity index (χ3n) is 24.1. The zero-order valence-corrected chi connectivity index (χ0v) is 62.9. The molecule has 8 aliphatic rings. The average Bonchev–Trinajstić information content (AvgIpc) is 1.68. The van der Waals surface area contributed by atoms with Gasteiger partial charge in [-0.3, -0.25) is 57.5 Å². The van der Waals surface area contributed by atoms with Crippen LogP contribution in [0.5, 0.6) is 0 Å². The highest BCUT2D eigenvalue weighted by Crippen LogP contribution is 2.44. The Morgan fingerprint density at radius 1 is 0.602 bits per heavy atom. The summed E-state index contributed by atoms with van der Waals surface area (Å²) in [7, 11) is 8.56. The minimum absolute atomic E-state index is 0.0186. The molecule has 0 aromatic heterocycles. The average molecular weight is 1480 g/mol. The van der Waals surface area contributed by atoms with Crippen LogP contribution < -0.4 is 16.0 Å². The predicted octanol–water partition coefficient (Wildman–Crippen LogP) is 5.57. The zero-order valence-electron chi connectivity index (χ0n) is 62.1. The summed E-state index contributed by atoms with van der Waals surface area (Å²) in [4.78, 5) is 193. The number of amides is 12. The van der Waals surface area contributed by atoms with Gasteiger partial charge in [0.25, 0.3) is 0 Å². The number of likely N-dealkylation sites (N-methyl/N-ethyl adjacent to an activating group) is 6. The first-order valence-corrected chi connectivity index (χ1v) is 38.6. The predicted molar refractivity (Wildman–Crippen MR) is 374 cm³/mol. The Balaban J connectivity index is 1.17. The van der Waals surface area contributed by atoms with E-state index in [-0.39, 0.29) is 135 Å². The molecule has 4 saturated heterocycles. The van der Waals surface area contributed by atoms with Gasteiger partial charge in [0, 0.05) is 73.8 Å². The van der Waals surface area contributed by atoms with Gasteiger partial charge in [0.1, 0.15) is 60.0 Å². The van der Waals surface area contributed by atoms with Gasteiger partial charge in [-0.15, -0.1) is 11.6 Å². The molecule has 4 saturated carbocycles. The fourth-order valence-corrected chi connectivity index (χ4v) is 17.9. The molecule has 25 nitrogen and oxygen atoms in total. The highest BCUT2D eigenvalue weighted by Gasteiger charge is 2.53. The van der Waals surface area contributed by atoms with Crippen molar-refractivity contribution in [2.24, 2.45) is 29.6 Å². The summed E-state index contributed by atoms with van der Waals surface area (Å²) in [5.74, 6) is -11.0. The van der Waals surface area contributed by atoms with Crippen LogP contribution in [-0.2, 0) is 62.3 Å². The van der Waals surface area contributed by atoms with Crippen molar-refractivity contribution < 1.29 is 79.8 Å². The van der Waals surface area contributed by atoms with Gasteiger partial charge < -0.3 is 64.8 Å². The second-order valence-electron chi connectivity index (χ2n) is 31.0. The number of nitrogens with one attached hydrogen (secondary N) is 3. The van der Waals surface area contributed by atoms with E-state index in [0.717, 1.165) is 22.6 Å². The molecule has 12 atom stereocenters. The lowest BCUT2D eigenvalue weighted by molar-refractivity contribution is -0.182. The number of ether oxygens (including phenoxy) is 1. The molecular formula is C73H115ClF4N12O13. The quantitative estimate of drug-likeness (QED) is 0.179. The molecule has 30 heteroatoms. The smallest absolute Gasteiger partial charge is 0.378 e. The van der Waals surface area contributed by atoms with Gasteiger partial charge in [0.05, 0.1) is 38.6 Å². The number of rotatable bonds is 10. The van der Waals surface area contributed by atoms with Crippen LogP contribution in [-0.4, -0.2) is 281 Å². The lowest BCUT2D eigenvalue weighted by Gasteiger charge is -2.42. The van der Waals surface area contributed by atoms with Crippen LogP contribution >= 0.6 is 11.6 Å². The summed E-state index contributed by atoms with van der Waals surface area (Å²) in [5, 5.41) is 7.55. The van der Waals surface area contributed by atoms with Crippen LogP contribution in [0, 0.1) is 29.6 Å². The fraction of sp³-hybridized carbons (Fsp3) is 0.836. The van der Waals surface area contributed by atoms with Crippen molar-refractivity contribution in [2.75, 3.05) is 94.8 Å². The number of carbonyl (C=O) groups excluding carboxylic acids is 12. The first kappa shape index (κ1) is 82.3. The van der Waals surface area contributed by atoms with Crippen LogP contribution in [0.1, 0.15) is 194 Å². The van der Waals surface area contributed by atoms with Crippen LogP contribution in [0.2, 0.25) is 0 Å². The van der Waals surface area contributed by atoms with Crippen LogP contribution in [0.3, 0.4) is 0 Å². The van der Waals surface area contributed by atoms with Crippen molar-refractivity contribution in [2.45, 2.75) is 266 Å². The van der Waals surface area contributed by atoms with Gasteiger partial charge in [0.2, 0.25) is 70.9 Å². The maximum absolute atomic E-state index is 15.7. The molecule has 1 spiro atoms. The van der Waals surface area contributed by atoms with E-state index in [0.29, 0.717) is 70.6 Å². The standard InChI is InChI=1S/C73H115ClF4N12O13/c1-10-45(3)61-69(100)83(5)44-60(93)85(7)55-22-13-12-18-34-90(68(55)99)57(41-47-24-28-49(75)29-25-47)66(97)82(4)43-58(91)79-52(31-27-46-26-30-50(51(74)40-46)73(76,77)78)65(96)89-35-19-23-54(89)64(95)81-72(32-16-17-33-72)71(102)87(9)62(48-20-14-15-21-48)70(101)86(8)56(67(98)88-36-38-103-39-37-88)42-59(92)84(6)53(11-2)63(94)80-61/h45-57,61-62H,10-44H2,1-9H3,(H,79,91)(H,80,94)(H,81,95)/t45-,46?,47?,49?,50?,51?,52-,53-,54-,55-,56-,57-,61-,62-/m0/s1. The molecular weight excluding hydrogens is 1360 g/mol. The molecule has 12 amide bonds. The second-order valence-corrected chi connectivity index (χ2v) is 31.5. The van der Waals surface area contributed by atoms with E-state index in [1.165, 1.54) is 76.6 Å². The maximum atomic E-state index is 15.7. The minimum atomic E-state index is -4.52. The monoisotopic (exact) mass is 1480 g/mol. The highest BCUT2D eigenvalue weighted by atomic mass is 35.5. The summed E-state index contributed by atoms with van der Waals surface area (Å²) in [6.45, 7) is 4.91. The molecule has 0 aromatic carbocycles. The van der Waals surface area contributed by atoms with Crippen LogP contribution in [0.25, 0.3) is 0 Å². The minimum Gasteiger partial charge on any atom is -0.378 e. The summed E-state index contributed by atoms with van der Waals surface area (Å²) >= 11 is 6.42. The Bertz CT molecular complexity index is 3020. The molecule has 4 aliphatic heterocycles. The Morgan fingerprint density at radius 2 is 1.22 bits per heavy atom. The summed E-state index contributed by atoms with van der Waals surface area (Å²) in [6, 6.07) is -9.94. The number of carbonyl (C=O) groups is 12. The van der Waals surface area contributed by atoms with Crippen LogP contribution in [0.15, 0.2) is 0 Å². The lowest BCUT2D eigenvalue weighted by atomic mass is 9.78. The number of halogens is 5. The Morgan fingerprint density at radius 3 is 1.85 bits per heavy atom. The second kappa shape index (κ2) is 36.7. The van der Waals surface area contributed by atoms with Crippen molar-refractivity contribution in [3.8, 4) is 0 Å². The molecule has 8 fully saturated rings. The zero-order chi connectivity index (χ0) is 75.4. The van der Waals surface area contributed by atoms with E-state index < -0.39 is 180 Å². The van der Waals surface area contributed by atoms with Gasteiger partial charge in [-0.1, -0.05) is 65.7 Å². The molecule has 4 aliphatic carbocycles. The summed E-state index contributed by atoms with van der Waals surface area (Å²) in [5.41, 5.74) is -1.57. The molecule has 580 valence electrons. The van der Waals surface area contributed by atoms with E-state index in [9.17, 15) is 46.3 Å². The number of nitrogens with zero attached hydrogens (tertiary/aromatic N) is 9. The Kier molecular flexibility index (Phi) is 29.3.